The van der Waals surface area contributed by atoms with E-state index in [1.807, 2.05) is 43.3 Å². The third-order valence-electron chi connectivity index (χ3n) is 4.17. The summed E-state index contributed by atoms with van der Waals surface area (Å²) in [5.74, 6) is 2.28. The van der Waals surface area contributed by atoms with Crippen LogP contribution in [-0.4, -0.2) is 38.9 Å². The molecule has 1 unspecified atom stereocenters. The van der Waals surface area contributed by atoms with Crippen molar-refractivity contribution < 1.29 is 19.0 Å². The van der Waals surface area contributed by atoms with Crippen molar-refractivity contribution in [2.45, 2.75) is 19.4 Å². The molecule has 138 valence electrons. The number of carbonyl (C=O) groups is 1. The number of rotatable bonds is 6. The highest BCUT2D eigenvalue weighted by Gasteiger charge is 2.20. The largest absolute Gasteiger partial charge is 0.496 e. The molecule has 1 atom stereocenters. The smallest absolute Gasteiger partial charge is 0.314 e. The first-order valence-electron chi connectivity index (χ1n) is 8.69. The highest BCUT2D eigenvalue weighted by Crippen LogP contribution is 2.30. The fourth-order valence-electron chi connectivity index (χ4n) is 2.85. The number of methoxy groups -OCH3 is 1. The number of hydrogen-bond acceptors (Lipinski definition) is 4. The number of carbonyl (C=O) groups excluding carboxylic acids is 1. The number of benzene rings is 2. The number of para-hydroxylation sites is 2. The lowest BCUT2D eigenvalue weighted by molar-refractivity contribution is 0.0918. The maximum Gasteiger partial charge on any atom is 0.314 e. The first-order valence-corrected chi connectivity index (χ1v) is 8.69. The number of nitrogens with one attached hydrogen (secondary N) is 2. The van der Waals surface area contributed by atoms with E-state index in [1.165, 1.54) is 5.56 Å². The molecule has 0 aliphatic carbocycles. The molecule has 2 aromatic carbocycles. The zero-order chi connectivity index (χ0) is 18.4. The van der Waals surface area contributed by atoms with Crippen LogP contribution in [-0.2, 0) is 6.42 Å². The predicted molar refractivity (Wildman–Crippen MR) is 99.2 cm³/mol. The Morgan fingerprint density at radius 2 is 2.00 bits per heavy atom. The van der Waals surface area contributed by atoms with E-state index in [9.17, 15) is 4.79 Å². The Bertz CT molecular complexity index is 763. The van der Waals surface area contributed by atoms with Crippen LogP contribution in [0.3, 0.4) is 0 Å². The van der Waals surface area contributed by atoms with E-state index in [2.05, 4.69) is 16.7 Å². The molecule has 2 N–H and O–H groups in total. The van der Waals surface area contributed by atoms with Crippen LogP contribution in [0.5, 0.6) is 17.2 Å². The lowest BCUT2D eigenvalue weighted by atomic mass is 10.1. The van der Waals surface area contributed by atoms with Gasteiger partial charge in [0, 0.05) is 6.54 Å². The fraction of sp³-hybridized carbons (Fsp3) is 0.350. The number of hydrogen-bond donors (Lipinski definition) is 2. The maximum absolute atomic E-state index is 12.0. The van der Waals surface area contributed by atoms with Gasteiger partial charge in [-0.1, -0.05) is 29.8 Å². The first-order chi connectivity index (χ1) is 12.7. The van der Waals surface area contributed by atoms with Crippen molar-refractivity contribution in [2.24, 2.45) is 0 Å². The van der Waals surface area contributed by atoms with Gasteiger partial charge < -0.3 is 24.8 Å². The van der Waals surface area contributed by atoms with Crippen LogP contribution in [0.25, 0.3) is 0 Å². The molecule has 1 aliphatic heterocycles. The number of ether oxygens (including phenoxy) is 3. The molecule has 3 rings (SSSR count). The average Bonchev–Trinajstić information content (AvgIpc) is 2.66. The van der Waals surface area contributed by atoms with Crippen LogP contribution in [0.2, 0.25) is 0 Å². The van der Waals surface area contributed by atoms with Gasteiger partial charge in [-0.05, 0) is 37.1 Å². The summed E-state index contributed by atoms with van der Waals surface area (Å²) in [7, 11) is 1.65. The SMILES string of the molecule is COc1ccc(C)cc1CCNC(=O)NCC1COc2ccccc2O1. The summed E-state index contributed by atoms with van der Waals surface area (Å²) in [6, 6.07) is 13.3. The van der Waals surface area contributed by atoms with Crippen molar-refractivity contribution in [1.82, 2.24) is 10.6 Å². The third kappa shape index (κ3) is 4.59. The summed E-state index contributed by atoms with van der Waals surface area (Å²) in [5, 5.41) is 5.68. The predicted octanol–water partition coefficient (Wildman–Crippen LogP) is 2.69. The van der Waals surface area contributed by atoms with Gasteiger partial charge in [0.05, 0.1) is 13.7 Å². The van der Waals surface area contributed by atoms with E-state index in [-0.39, 0.29) is 12.1 Å². The van der Waals surface area contributed by atoms with Crippen molar-refractivity contribution in [3.05, 3.63) is 53.6 Å². The molecule has 0 bridgehead atoms. The highest BCUT2D eigenvalue weighted by molar-refractivity contribution is 5.73. The molecular formula is C20H24N2O4. The topological polar surface area (TPSA) is 68.8 Å². The Hall–Kier alpha value is -2.89. The van der Waals surface area contributed by atoms with E-state index < -0.39 is 0 Å². The summed E-state index contributed by atoms with van der Waals surface area (Å²) >= 11 is 0. The van der Waals surface area contributed by atoms with E-state index in [4.69, 9.17) is 14.2 Å². The molecule has 6 nitrogen and oxygen atoms in total. The van der Waals surface area contributed by atoms with Gasteiger partial charge >= 0.3 is 6.03 Å². The lowest BCUT2D eigenvalue weighted by Crippen LogP contribution is -2.44. The second-order valence-corrected chi connectivity index (χ2v) is 6.20. The molecule has 0 aromatic heterocycles. The fourth-order valence-corrected chi connectivity index (χ4v) is 2.85. The lowest BCUT2D eigenvalue weighted by Gasteiger charge is -2.26. The monoisotopic (exact) mass is 356 g/mol. The maximum atomic E-state index is 12.0. The second-order valence-electron chi connectivity index (χ2n) is 6.20. The van der Waals surface area contributed by atoms with Gasteiger partial charge in [0.25, 0.3) is 0 Å². The van der Waals surface area contributed by atoms with Crippen LogP contribution in [0.15, 0.2) is 42.5 Å². The minimum Gasteiger partial charge on any atom is -0.496 e. The van der Waals surface area contributed by atoms with Gasteiger partial charge in [0.2, 0.25) is 0 Å². The molecule has 0 saturated heterocycles. The molecular weight excluding hydrogens is 332 g/mol. The Kier molecular flexibility index (Phi) is 5.84. The van der Waals surface area contributed by atoms with Gasteiger partial charge in [0.1, 0.15) is 12.4 Å². The zero-order valence-corrected chi connectivity index (χ0v) is 15.1. The molecule has 0 radical (unpaired) electrons. The minimum atomic E-state index is -0.223. The first kappa shape index (κ1) is 17.9. The normalized spacial score (nSPS) is 15.2. The summed E-state index contributed by atoms with van der Waals surface area (Å²) in [5.41, 5.74) is 2.24. The Balaban J connectivity index is 1.41. The zero-order valence-electron chi connectivity index (χ0n) is 15.1. The third-order valence-corrected chi connectivity index (χ3v) is 4.17. The molecule has 2 aromatic rings. The van der Waals surface area contributed by atoms with Crippen LogP contribution in [0, 0.1) is 6.92 Å². The molecule has 6 heteroatoms. The Labute approximate surface area is 153 Å². The molecule has 0 fully saturated rings. The Morgan fingerprint density at radius 1 is 1.19 bits per heavy atom. The number of urea groups is 1. The summed E-state index contributed by atoms with van der Waals surface area (Å²) in [6.07, 6.45) is 0.502. The number of aryl methyl sites for hydroxylation is 1. The van der Waals surface area contributed by atoms with Crippen molar-refractivity contribution >= 4 is 6.03 Å². The highest BCUT2D eigenvalue weighted by atomic mass is 16.6. The summed E-state index contributed by atoms with van der Waals surface area (Å²) in [6.45, 7) is 3.36. The van der Waals surface area contributed by atoms with Gasteiger partial charge in [-0.15, -0.1) is 0 Å². The van der Waals surface area contributed by atoms with E-state index in [1.54, 1.807) is 7.11 Å². The number of fused-ring (bicyclic) bond motifs is 1. The van der Waals surface area contributed by atoms with Crippen LogP contribution < -0.4 is 24.8 Å². The quantitative estimate of drug-likeness (QED) is 0.835. The minimum absolute atomic E-state index is 0.201. The number of amides is 2. The van der Waals surface area contributed by atoms with Crippen LogP contribution in [0.4, 0.5) is 4.79 Å². The van der Waals surface area contributed by atoms with E-state index in [0.29, 0.717) is 31.9 Å². The van der Waals surface area contributed by atoms with Gasteiger partial charge in [-0.3, -0.25) is 0 Å². The summed E-state index contributed by atoms with van der Waals surface area (Å²) < 4.78 is 16.8. The van der Waals surface area contributed by atoms with E-state index in [0.717, 1.165) is 17.1 Å². The molecule has 0 spiro atoms. The van der Waals surface area contributed by atoms with Crippen molar-refractivity contribution in [3.8, 4) is 17.2 Å². The van der Waals surface area contributed by atoms with Crippen molar-refractivity contribution in [1.29, 1.82) is 0 Å². The molecule has 26 heavy (non-hydrogen) atoms. The molecule has 0 saturated carbocycles. The van der Waals surface area contributed by atoms with E-state index >= 15 is 0 Å². The van der Waals surface area contributed by atoms with Crippen LogP contribution in [0.1, 0.15) is 11.1 Å². The molecule has 2 amide bonds. The van der Waals surface area contributed by atoms with Gasteiger partial charge in [-0.25, -0.2) is 4.79 Å². The van der Waals surface area contributed by atoms with Crippen molar-refractivity contribution in [2.75, 3.05) is 26.8 Å². The Morgan fingerprint density at radius 3 is 2.81 bits per heavy atom. The van der Waals surface area contributed by atoms with Gasteiger partial charge in [0.15, 0.2) is 17.6 Å². The molecule has 1 heterocycles. The molecule has 1 aliphatic rings. The average molecular weight is 356 g/mol. The summed E-state index contributed by atoms with van der Waals surface area (Å²) in [4.78, 5) is 12.0. The van der Waals surface area contributed by atoms with Crippen molar-refractivity contribution in [3.63, 3.8) is 0 Å². The van der Waals surface area contributed by atoms with Crippen LogP contribution >= 0.6 is 0 Å². The standard InChI is InChI=1S/C20H24N2O4/c1-14-7-8-17(24-2)15(11-14)9-10-21-20(23)22-12-16-13-25-18-5-3-4-6-19(18)26-16/h3-8,11,16H,9-10,12-13H2,1-2H3,(H2,21,22,23). The van der Waals surface area contributed by atoms with Gasteiger partial charge in [-0.2, -0.15) is 0 Å². The second kappa shape index (κ2) is 8.47.